The van der Waals surface area contributed by atoms with Gasteiger partial charge in [-0.2, -0.15) is 0 Å². The van der Waals surface area contributed by atoms with Gasteiger partial charge in [-0.25, -0.2) is 17.9 Å². The van der Waals surface area contributed by atoms with E-state index in [1.165, 1.54) is 19.1 Å². The standard InChI is InChI=1S/C25H20N4O11S/c1-16-22(24(26-40-16)17-8-4-2-5-9-17)23-18(14-37-28(31)32)12-21(13-19(23)15-38-29(33)34)41(35,36)27-25(30)39-20-10-6-3-7-11-20/h2-13H,14-15H2,1H3,(H,27,30). The average Bonchev–Trinajstić information content (AvgIpc) is 3.31. The lowest BCUT2D eigenvalue weighted by molar-refractivity contribution is -0.763. The fourth-order valence-electron chi connectivity index (χ4n) is 3.93. The maximum absolute atomic E-state index is 13.2. The van der Waals surface area contributed by atoms with Crippen molar-refractivity contribution in [2.45, 2.75) is 25.0 Å². The molecule has 0 aliphatic rings. The molecule has 0 saturated carbocycles. The second-order valence-electron chi connectivity index (χ2n) is 8.25. The smallest absolute Gasteiger partial charge is 0.410 e. The normalized spacial score (nSPS) is 11.0. The number of nitrogens with zero attached hydrogens (tertiary/aromatic N) is 3. The first-order chi connectivity index (χ1) is 19.5. The lowest BCUT2D eigenvalue weighted by Gasteiger charge is -2.17. The minimum Gasteiger partial charge on any atom is -0.410 e. The molecule has 0 fully saturated rings. The van der Waals surface area contributed by atoms with Crippen LogP contribution < -0.4 is 9.46 Å². The van der Waals surface area contributed by atoms with Crippen LogP contribution in [-0.2, 0) is 32.9 Å². The van der Waals surface area contributed by atoms with Gasteiger partial charge in [0.05, 0.1) is 10.5 Å². The number of para-hydroxylation sites is 1. The summed E-state index contributed by atoms with van der Waals surface area (Å²) in [6.45, 7) is -0.00815. The number of carbonyl (C=O) groups excluding carboxylic acids is 1. The number of aryl methyl sites for hydroxylation is 1. The molecule has 41 heavy (non-hydrogen) atoms. The van der Waals surface area contributed by atoms with Gasteiger partial charge in [-0.05, 0) is 47.9 Å². The molecule has 4 aromatic rings. The van der Waals surface area contributed by atoms with Crippen molar-refractivity contribution in [2.75, 3.05) is 0 Å². The highest BCUT2D eigenvalue weighted by atomic mass is 32.2. The third kappa shape index (κ3) is 6.93. The van der Waals surface area contributed by atoms with E-state index in [4.69, 9.17) is 9.26 Å². The summed E-state index contributed by atoms with van der Waals surface area (Å²) in [5.41, 5.74) is 1.02. The van der Waals surface area contributed by atoms with Crippen LogP contribution in [-0.4, -0.2) is 29.8 Å². The highest BCUT2D eigenvalue weighted by Gasteiger charge is 2.28. The summed E-state index contributed by atoms with van der Waals surface area (Å²) in [6.07, 6.45) is -1.34. The van der Waals surface area contributed by atoms with Crippen molar-refractivity contribution in [3.63, 3.8) is 0 Å². The Kier molecular flexibility index (Phi) is 8.43. The Labute approximate surface area is 231 Å². The lowest BCUT2D eigenvalue weighted by atomic mass is 9.91. The summed E-state index contributed by atoms with van der Waals surface area (Å²) in [7, 11) is -4.67. The summed E-state index contributed by atoms with van der Waals surface area (Å²) in [4.78, 5) is 43.0. The number of hydrogen-bond donors (Lipinski definition) is 1. The third-order valence-corrected chi connectivity index (χ3v) is 6.86. The molecule has 3 aromatic carbocycles. The van der Waals surface area contributed by atoms with E-state index >= 15 is 0 Å². The maximum atomic E-state index is 13.2. The predicted octanol–water partition coefficient (Wildman–Crippen LogP) is 4.21. The Balaban J connectivity index is 1.86. The van der Waals surface area contributed by atoms with E-state index in [1.807, 2.05) is 0 Å². The molecule has 0 saturated heterocycles. The molecule has 0 spiro atoms. The molecule has 15 nitrogen and oxygen atoms in total. The van der Waals surface area contributed by atoms with E-state index in [9.17, 15) is 33.4 Å². The third-order valence-electron chi connectivity index (χ3n) is 5.57. The topological polar surface area (TPSA) is 203 Å². The van der Waals surface area contributed by atoms with Gasteiger partial charge in [0.1, 0.15) is 30.4 Å². The zero-order valence-corrected chi connectivity index (χ0v) is 21.9. The van der Waals surface area contributed by atoms with Gasteiger partial charge in [0, 0.05) is 5.56 Å². The van der Waals surface area contributed by atoms with E-state index in [2.05, 4.69) is 14.8 Å². The van der Waals surface area contributed by atoms with Crippen LogP contribution in [0.15, 0.2) is 82.2 Å². The van der Waals surface area contributed by atoms with Gasteiger partial charge in [-0.3, -0.25) is 0 Å². The number of amides is 1. The van der Waals surface area contributed by atoms with Crippen LogP contribution >= 0.6 is 0 Å². The van der Waals surface area contributed by atoms with E-state index in [0.29, 0.717) is 5.56 Å². The number of ether oxygens (including phenoxy) is 1. The first-order valence-electron chi connectivity index (χ1n) is 11.6. The van der Waals surface area contributed by atoms with Crippen molar-refractivity contribution in [2.24, 2.45) is 0 Å². The monoisotopic (exact) mass is 584 g/mol. The molecule has 0 aliphatic heterocycles. The van der Waals surface area contributed by atoms with Crippen molar-refractivity contribution < 1.29 is 42.3 Å². The zero-order valence-electron chi connectivity index (χ0n) is 21.1. The Morgan fingerprint density at radius 1 is 0.902 bits per heavy atom. The molecular formula is C25H20N4O11S. The van der Waals surface area contributed by atoms with Gasteiger partial charge in [0.15, 0.2) is 0 Å². The number of aromatic nitrogens is 1. The molecule has 0 aliphatic carbocycles. The van der Waals surface area contributed by atoms with Gasteiger partial charge < -0.3 is 18.9 Å². The number of benzene rings is 3. The number of carbonyl (C=O) groups is 1. The first kappa shape index (κ1) is 28.5. The number of sulfonamides is 1. The molecular weight excluding hydrogens is 564 g/mol. The van der Waals surface area contributed by atoms with Crippen LogP contribution in [0.1, 0.15) is 16.9 Å². The highest BCUT2D eigenvalue weighted by Crippen LogP contribution is 2.40. The largest absolute Gasteiger partial charge is 0.426 e. The van der Waals surface area contributed by atoms with Gasteiger partial charge >= 0.3 is 6.09 Å². The average molecular weight is 585 g/mol. The minimum absolute atomic E-state index is 0.0621. The molecule has 1 amide bonds. The van der Waals surface area contributed by atoms with Gasteiger partial charge in [0.25, 0.3) is 20.2 Å². The van der Waals surface area contributed by atoms with Gasteiger partial charge in [-0.1, -0.05) is 53.7 Å². The van der Waals surface area contributed by atoms with Crippen LogP contribution in [0.3, 0.4) is 0 Å². The van der Waals surface area contributed by atoms with E-state index in [0.717, 1.165) is 12.1 Å². The summed E-state index contributed by atoms with van der Waals surface area (Å²) in [6, 6.07) is 18.3. The summed E-state index contributed by atoms with van der Waals surface area (Å²) >= 11 is 0. The van der Waals surface area contributed by atoms with Gasteiger partial charge in [-0.15, -0.1) is 20.2 Å². The van der Waals surface area contributed by atoms with Crippen LogP contribution in [0.25, 0.3) is 22.4 Å². The molecule has 0 bridgehead atoms. The second-order valence-corrected chi connectivity index (χ2v) is 9.93. The fraction of sp³-hybridized carbons (Fsp3) is 0.120. The molecule has 16 heteroatoms. The van der Waals surface area contributed by atoms with Gasteiger partial charge in [0.2, 0.25) is 0 Å². The molecule has 0 atom stereocenters. The summed E-state index contributed by atoms with van der Waals surface area (Å²) in [5.74, 6) is 0.279. The number of hydrogen-bond acceptors (Lipinski definition) is 12. The lowest BCUT2D eigenvalue weighted by Crippen LogP contribution is -2.33. The Hall–Kier alpha value is -5.51. The molecule has 0 radical (unpaired) electrons. The van der Waals surface area contributed by atoms with Crippen molar-refractivity contribution in [3.05, 3.63) is 110 Å². The number of rotatable bonds is 11. The molecule has 0 unspecified atom stereocenters. The van der Waals surface area contributed by atoms with Crippen LogP contribution in [0.2, 0.25) is 0 Å². The van der Waals surface area contributed by atoms with Crippen molar-refractivity contribution in [1.82, 2.24) is 9.88 Å². The summed E-state index contributed by atoms with van der Waals surface area (Å²) in [5, 5.41) is 24.0. The molecule has 1 aromatic heterocycles. The van der Waals surface area contributed by atoms with Crippen molar-refractivity contribution in [1.29, 1.82) is 0 Å². The van der Waals surface area contributed by atoms with Crippen LogP contribution in [0, 0.1) is 27.2 Å². The SMILES string of the molecule is Cc1onc(-c2ccccc2)c1-c1c(CO[N+](=O)[O-])cc(S(=O)(=O)NC(=O)Oc2ccccc2)cc1CO[N+](=O)[O-]. The quantitative estimate of drug-likeness (QED) is 0.194. The van der Waals surface area contributed by atoms with Crippen LogP contribution in [0.4, 0.5) is 4.79 Å². The van der Waals surface area contributed by atoms with Crippen molar-refractivity contribution in [3.8, 4) is 28.1 Å². The second kappa shape index (κ2) is 12.1. The molecule has 1 N–H and O–H groups in total. The summed E-state index contributed by atoms with van der Waals surface area (Å²) < 4.78 is 38.4. The Bertz CT molecular complexity index is 1650. The van der Waals surface area contributed by atoms with Crippen LogP contribution in [0.5, 0.6) is 5.75 Å². The number of nitrogens with one attached hydrogen (secondary N) is 1. The fourth-order valence-corrected chi connectivity index (χ4v) is 4.90. The van der Waals surface area contributed by atoms with E-state index < -0.39 is 44.4 Å². The Morgan fingerprint density at radius 2 is 1.44 bits per heavy atom. The Morgan fingerprint density at radius 3 is 1.98 bits per heavy atom. The minimum atomic E-state index is -4.67. The predicted molar refractivity (Wildman–Crippen MR) is 138 cm³/mol. The van der Waals surface area contributed by atoms with E-state index in [1.54, 1.807) is 53.3 Å². The zero-order chi connectivity index (χ0) is 29.6. The highest BCUT2D eigenvalue weighted by molar-refractivity contribution is 7.90. The molecule has 212 valence electrons. The maximum Gasteiger partial charge on any atom is 0.426 e. The first-order valence-corrected chi connectivity index (χ1v) is 13.1. The van der Waals surface area contributed by atoms with Crippen molar-refractivity contribution >= 4 is 16.1 Å². The molecule has 1 heterocycles. The molecule has 4 rings (SSSR count). The van der Waals surface area contributed by atoms with E-state index in [-0.39, 0.29) is 39.5 Å².